The van der Waals surface area contributed by atoms with E-state index in [1.54, 1.807) is 24.5 Å². The van der Waals surface area contributed by atoms with E-state index in [-0.39, 0.29) is 22.6 Å². The van der Waals surface area contributed by atoms with E-state index in [0.717, 1.165) is 30.3 Å². The number of imidazole rings is 1. The van der Waals surface area contributed by atoms with Crippen LogP contribution in [0.1, 0.15) is 53.0 Å². The molecule has 0 bridgehead atoms. The first-order chi connectivity index (χ1) is 14.4. The number of pyridine rings is 1. The van der Waals surface area contributed by atoms with E-state index < -0.39 is 6.36 Å². The van der Waals surface area contributed by atoms with E-state index in [1.165, 1.54) is 12.1 Å². The van der Waals surface area contributed by atoms with Gasteiger partial charge in [0.25, 0.3) is 0 Å². The summed E-state index contributed by atoms with van der Waals surface area (Å²) in [5.41, 5.74) is 2.78. The number of rotatable bonds is 4. The molecule has 0 amide bonds. The molecule has 1 aromatic carbocycles. The first-order valence-electron chi connectivity index (χ1n) is 10.4. The Balaban J connectivity index is 1.69. The van der Waals surface area contributed by atoms with Gasteiger partial charge in [0, 0.05) is 17.9 Å². The number of fused-ring (bicyclic) bond motifs is 1. The van der Waals surface area contributed by atoms with Gasteiger partial charge in [-0.3, -0.25) is 4.98 Å². The number of aromatic nitrogens is 3. The van der Waals surface area contributed by atoms with Crippen LogP contribution < -0.4 is 10.1 Å². The zero-order valence-electron chi connectivity index (χ0n) is 18.1. The zero-order chi connectivity index (χ0) is 22.4. The minimum atomic E-state index is -4.71. The van der Waals surface area contributed by atoms with Crippen LogP contribution in [0, 0.1) is 10.8 Å². The van der Waals surface area contributed by atoms with Crippen LogP contribution in [0.2, 0.25) is 0 Å². The molecule has 166 valence electrons. The van der Waals surface area contributed by atoms with Gasteiger partial charge in [-0.2, -0.15) is 0 Å². The first kappa shape index (κ1) is 21.5. The minimum absolute atomic E-state index is 0.184. The van der Waals surface area contributed by atoms with E-state index in [4.69, 9.17) is 4.98 Å². The molecule has 0 aliphatic heterocycles. The number of benzene rings is 1. The standard InChI is InChI=1S/C23H27F3N4O/c1-21(2)11-16(12-22(3,4)14-21)30-19-9-10-27-13-18(19)29-20(30)28-15-5-7-17(8-6-15)31-23(24,25)26/h5-10,13,16H,11-12,14H2,1-4H3,(H,28,29). The average molecular weight is 432 g/mol. The molecule has 1 fully saturated rings. The number of hydrogen-bond donors (Lipinski definition) is 1. The number of ether oxygens (including phenoxy) is 1. The second-order valence-electron chi connectivity index (χ2n) is 9.93. The third-order valence-electron chi connectivity index (χ3n) is 5.73. The second kappa shape index (κ2) is 7.43. The van der Waals surface area contributed by atoms with Crippen molar-refractivity contribution in [1.82, 2.24) is 14.5 Å². The summed E-state index contributed by atoms with van der Waals surface area (Å²) in [6.07, 6.45) is 1.95. The van der Waals surface area contributed by atoms with E-state index in [0.29, 0.717) is 11.6 Å². The molecule has 0 atom stereocenters. The molecule has 1 N–H and O–H groups in total. The second-order valence-corrected chi connectivity index (χ2v) is 9.93. The number of anilines is 2. The van der Waals surface area contributed by atoms with Crippen LogP contribution in [0.25, 0.3) is 11.0 Å². The smallest absolute Gasteiger partial charge is 0.406 e. The van der Waals surface area contributed by atoms with Crippen LogP contribution >= 0.6 is 0 Å². The maximum atomic E-state index is 12.4. The van der Waals surface area contributed by atoms with Gasteiger partial charge in [-0.1, -0.05) is 27.7 Å². The molecule has 31 heavy (non-hydrogen) atoms. The Morgan fingerprint density at radius 3 is 2.29 bits per heavy atom. The molecule has 0 radical (unpaired) electrons. The first-order valence-corrected chi connectivity index (χ1v) is 10.4. The van der Waals surface area contributed by atoms with Gasteiger partial charge in [-0.15, -0.1) is 13.2 Å². The van der Waals surface area contributed by atoms with Gasteiger partial charge in [0.1, 0.15) is 11.3 Å². The van der Waals surface area contributed by atoms with E-state index in [2.05, 4.69) is 47.3 Å². The van der Waals surface area contributed by atoms with Crippen molar-refractivity contribution in [1.29, 1.82) is 0 Å². The summed E-state index contributed by atoms with van der Waals surface area (Å²) < 4.78 is 43.5. The molecule has 3 aromatic rings. The van der Waals surface area contributed by atoms with Crippen LogP contribution in [-0.4, -0.2) is 20.9 Å². The molecule has 1 saturated carbocycles. The fourth-order valence-corrected chi connectivity index (χ4v) is 5.25. The highest BCUT2D eigenvalue weighted by Gasteiger charge is 2.40. The molecule has 0 spiro atoms. The predicted molar refractivity (Wildman–Crippen MR) is 114 cm³/mol. The molecule has 1 aliphatic rings. The Hall–Kier alpha value is -2.77. The van der Waals surface area contributed by atoms with Gasteiger partial charge >= 0.3 is 6.36 Å². The number of nitrogens with one attached hydrogen (secondary N) is 1. The predicted octanol–water partition coefficient (Wildman–Crippen LogP) is 6.85. The third-order valence-corrected chi connectivity index (χ3v) is 5.73. The lowest BCUT2D eigenvalue weighted by atomic mass is 9.63. The van der Waals surface area contributed by atoms with Gasteiger partial charge in [-0.25, -0.2) is 4.98 Å². The van der Waals surface area contributed by atoms with Crippen molar-refractivity contribution in [2.24, 2.45) is 10.8 Å². The average Bonchev–Trinajstić information content (AvgIpc) is 2.97. The monoisotopic (exact) mass is 432 g/mol. The van der Waals surface area contributed by atoms with Crippen molar-refractivity contribution < 1.29 is 17.9 Å². The van der Waals surface area contributed by atoms with Gasteiger partial charge < -0.3 is 14.6 Å². The van der Waals surface area contributed by atoms with Gasteiger partial charge in [0.05, 0.1) is 11.7 Å². The summed E-state index contributed by atoms with van der Waals surface area (Å²) >= 11 is 0. The van der Waals surface area contributed by atoms with Crippen molar-refractivity contribution in [3.63, 3.8) is 0 Å². The zero-order valence-corrected chi connectivity index (χ0v) is 18.1. The van der Waals surface area contributed by atoms with Gasteiger partial charge in [-0.05, 0) is 60.4 Å². The molecule has 0 saturated heterocycles. The topological polar surface area (TPSA) is 52.0 Å². The summed E-state index contributed by atoms with van der Waals surface area (Å²) in [7, 11) is 0. The Bertz CT molecular complexity index is 1050. The lowest BCUT2D eigenvalue weighted by molar-refractivity contribution is -0.274. The lowest BCUT2D eigenvalue weighted by Gasteiger charge is -2.45. The number of nitrogens with zero attached hydrogens (tertiary/aromatic N) is 3. The van der Waals surface area contributed by atoms with E-state index >= 15 is 0 Å². The van der Waals surface area contributed by atoms with Crippen LogP contribution in [0.3, 0.4) is 0 Å². The van der Waals surface area contributed by atoms with Crippen LogP contribution in [0.4, 0.5) is 24.8 Å². The summed E-state index contributed by atoms with van der Waals surface area (Å²) in [5.74, 6) is 0.400. The van der Waals surface area contributed by atoms with Crippen LogP contribution in [0.15, 0.2) is 42.7 Å². The van der Waals surface area contributed by atoms with E-state index in [1.807, 2.05) is 6.07 Å². The van der Waals surface area contributed by atoms with E-state index in [9.17, 15) is 13.2 Å². The summed E-state index contributed by atoms with van der Waals surface area (Å²) in [6, 6.07) is 7.88. The maximum Gasteiger partial charge on any atom is 0.573 e. The third kappa shape index (κ3) is 4.94. The highest BCUT2D eigenvalue weighted by molar-refractivity contribution is 5.79. The molecule has 1 aliphatic carbocycles. The number of hydrogen-bond acceptors (Lipinski definition) is 4. The molecule has 2 aromatic heterocycles. The molecule has 2 heterocycles. The summed E-state index contributed by atoms with van der Waals surface area (Å²) in [6.45, 7) is 9.20. The van der Waals surface area contributed by atoms with Crippen molar-refractivity contribution in [2.45, 2.75) is 59.4 Å². The fourth-order valence-electron chi connectivity index (χ4n) is 5.25. The Morgan fingerprint density at radius 2 is 1.68 bits per heavy atom. The molecule has 8 heteroatoms. The Kier molecular flexibility index (Phi) is 5.14. The Labute approximate surface area is 179 Å². The van der Waals surface area contributed by atoms with Crippen molar-refractivity contribution >= 4 is 22.7 Å². The quantitative estimate of drug-likeness (QED) is 0.490. The summed E-state index contributed by atoms with van der Waals surface area (Å²) in [4.78, 5) is 8.93. The number of halogens is 3. The normalized spacial score (nSPS) is 18.8. The van der Waals surface area contributed by atoms with Gasteiger partial charge in [0.2, 0.25) is 5.95 Å². The highest BCUT2D eigenvalue weighted by Crippen LogP contribution is 2.51. The molecule has 4 rings (SSSR count). The summed E-state index contributed by atoms with van der Waals surface area (Å²) in [5, 5.41) is 3.29. The SMILES string of the molecule is CC1(C)CC(n2c(Nc3ccc(OC(F)(F)F)cc3)nc3cnccc32)CC(C)(C)C1. The molecule has 5 nitrogen and oxygen atoms in total. The minimum Gasteiger partial charge on any atom is -0.406 e. The molecular formula is C23H27F3N4O. The lowest BCUT2D eigenvalue weighted by Crippen LogP contribution is -2.35. The number of alkyl halides is 3. The van der Waals surface area contributed by atoms with Crippen LogP contribution in [0.5, 0.6) is 5.75 Å². The maximum absolute atomic E-state index is 12.4. The molecular weight excluding hydrogens is 405 g/mol. The Morgan fingerprint density at radius 1 is 1.03 bits per heavy atom. The van der Waals surface area contributed by atoms with Gasteiger partial charge in [0.15, 0.2) is 0 Å². The van der Waals surface area contributed by atoms with Crippen molar-refractivity contribution in [3.05, 3.63) is 42.7 Å². The largest absolute Gasteiger partial charge is 0.573 e. The highest BCUT2D eigenvalue weighted by atomic mass is 19.4. The fraction of sp³-hybridized carbons (Fsp3) is 0.478. The molecule has 0 unspecified atom stereocenters. The van der Waals surface area contributed by atoms with Crippen LogP contribution in [-0.2, 0) is 0 Å². The van der Waals surface area contributed by atoms with Crippen molar-refractivity contribution in [2.75, 3.05) is 5.32 Å². The van der Waals surface area contributed by atoms with Crippen molar-refractivity contribution in [3.8, 4) is 5.75 Å².